The summed E-state index contributed by atoms with van der Waals surface area (Å²) in [5.74, 6) is -0.221. The minimum atomic E-state index is -0.871. The fourth-order valence-electron chi connectivity index (χ4n) is 1.65. The number of para-hydroxylation sites is 1. The Morgan fingerprint density at radius 2 is 2.31 bits per heavy atom. The molecule has 1 heterocycles. The van der Waals surface area contributed by atoms with E-state index in [0.717, 1.165) is 5.39 Å². The van der Waals surface area contributed by atoms with Crippen LogP contribution < -0.4 is 4.74 Å². The molecule has 0 unspecified atom stereocenters. The third-order valence-electron chi connectivity index (χ3n) is 2.29. The molecular formula is C12H12O4. The molecule has 0 aliphatic carbocycles. The summed E-state index contributed by atoms with van der Waals surface area (Å²) < 4.78 is 10.7. The molecule has 1 aromatic heterocycles. The van der Waals surface area contributed by atoms with Crippen molar-refractivity contribution in [3.8, 4) is 5.75 Å². The molecule has 0 saturated heterocycles. The minimum Gasteiger partial charge on any atom is -0.490 e. The average molecular weight is 220 g/mol. The number of ether oxygens (including phenoxy) is 1. The quantitative estimate of drug-likeness (QED) is 0.859. The van der Waals surface area contributed by atoms with Crippen LogP contribution in [0.4, 0.5) is 0 Å². The number of hydrogen-bond acceptors (Lipinski definition) is 3. The zero-order valence-electron chi connectivity index (χ0n) is 8.90. The molecule has 2 rings (SSSR count). The lowest BCUT2D eigenvalue weighted by Gasteiger charge is -2.02. The van der Waals surface area contributed by atoms with E-state index in [1.54, 1.807) is 6.07 Å². The Bertz CT molecular complexity index is 513. The van der Waals surface area contributed by atoms with Crippen molar-refractivity contribution in [3.05, 3.63) is 30.0 Å². The van der Waals surface area contributed by atoms with Crippen molar-refractivity contribution in [1.82, 2.24) is 0 Å². The largest absolute Gasteiger partial charge is 0.490 e. The SMILES string of the molecule is CCOc1cccc2c(CC(=O)O)coc12. The highest BCUT2D eigenvalue weighted by atomic mass is 16.5. The minimum absolute atomic E-state index is 0.0391. The van der Waals surface area contributed by atoms with Crippen LogP contribution in [0, 0.1) is 0 Å². The zero-order chi connectivity index (χ0) is 11.5. The zero-order valence-corrected chi connectivity index (χ0v) is 8.90. The summed E-state index contributed by atoms with van der Waals surface area (Å²) >= 11 is 0. The third-order valence-corrected chi connectivity index (χ3v) is 2.29. The second-order valence-electron chi connectivity index (χ2n) is 3.40. The standard InChI is InChI=1S/C12H12O4/c1-2-15-10-5-3-4-9-8(6-11(13)14)7-16-12(9)10/h3-5,7H,2,6H2,1H3,(H,13,14). The molecule has 0 aliphatic heterocycles. The summed E-state index contributed by atoms with van der Waals surface area (Å²) in [5.41, 5.74) is 1.28. The first kappa shape index (κ1) is 10.5. The topological polar surface area (TPSA) is 59.7 Å². The monoisotopic (exact) mass is 220 g/mol. The molecule has 1 N–H and O–H groups in total. The van der Waals surface area contributed by atoms with Gasteiger partial charge < -0.3 is 14.3 Å². The van der Waals surface area contributed by atoms with Gasteiger partial charge in [0.1, 0.15) is 0 Å². The number of aliphatic carboxylic acids is 1. The number of benzene rings is 1. The lowest BCUT2D eigenvalue weighted by atomic mass is 10.1. The Hall–Kier alpha value is -1.97. The van der Waals surface area contributed by atoms with E-state index in [9.17, 15) is 4.79 Å². The average Bonchev–Trinajstić information content (AvgIpc) is 2.63. The predicted octanol–water partition coefficient (Wildman–Crippen LogP) is 2.46. The Morgan fingerprint density at radius 1 is 1.50 bits per heavy atom. The summed E-state index contributed by atoms with van der Waals surface area (Å²) in [6.45, 7) is 2.44. The van der Waals surface area contributed by atoms with Crippen molar-refractivity contribution in [2.45, 2.75) is 13.3 Å². The maximum absolute atomic E-state index is 10.6. The Morgan fingerprint density at radius 3 is 3.00 bits per heavy atom. The first-order chi connectivity index (χ1) is 7.72. The van der Waals surface area contributed by atoms with Crippen LogP contribution in [0.5, 0.6) is 5.75 Å². The van der Waals surface area contributed by atoms with E-state index in [-0.39, 0.29) is 6.42 Å². The van der Waals surface area contributed by atoms with Gasteiger partial charge in [0.2, 0.25) is 0 Å². The van der Waals surface area contributed by atoms with Crippen molar-refractivity contribution in [2.75, 3.05) is 6.61 Å². The second kappa shape index (κ2) is 4.26. The molecule has 0 spiro atoms. The van der Waals surface area contributed by atoms with E-state index in [1.807, 2.05) is 19.1 Å². The fourth-order valence-corrected chi connectivity index (χ4v) is 1.65. The lowest BCUT2D eigenvalue weighted by Crippen LogP contribution is -1.98. The van der Waals surface area contributed by atoms with Gasteiger partial charge in [0.05, 0.1) is 19.3 Å². The molecule has 0 amide bonds. The number of carbonyl (C=O) groups is 1. The number of carboxylic acids is 1. The smallest absolute Gasteiger partial charge is 0.307 e. The summed E-state index contributed by atoms with van der Waals surface area (Å²) in [6.07, 6.45) is 1.43. The maximum Gasteiger partial charge on any atom is 0.307 e. The number of furan rings is 1. The number of carboxylic acid groups (broad SMARTS) is 1. The number of hydrogen-bond donors (Lipinski definition) is 1. The van der Waals surface area contributed by atoms with E-state index < -0.39 is 5.97 Å². The van der Waals surface area contributed by atoms with Gasteiger partial charge in [-0.15, -0.1) is 0 Å². The van der Waals surface area contributed by atoms with Crippen molar-refractivity contribution >= 4 is 16.9 Å². The van der Waals surface area contributed by atoms with Crippen LogP contribution in [-0.2, 0) is 11.2 Å². The molecule has 0 fully saturated rings. The molecule has 0 saturated carbocycles. The van der Waals surface area contributed by atoms with Crippen LogP contribution in [0.15, 0.2) is 28.9 Å². The third kappa shape index (κ3) is 1.86. The van der Waals surface area contributed by atoms with Crippen LogP contribution in [0.2, 0.25) is 0 Å². The van der Waals surface area contributed by atoms with E-state index in [0.29, 0.717) is 23.5 Å². The summed E-state index contributed by atoms with van der Waals surface area (Å²) in [5, 5.41) is 9.54. The molecule has 0 bridgehead atoms. The maximum atomic E-state index is 10.6. The molecule has 0 atom stereocenters. The molecule has 4 heteroatoms. The summed E-state index contributed by atoms with van der Waals surface area (Å²) in [7, 11) is 0. The van der Waals surface area contributed by atoms with Crippen LogP contribution in [-0.4, -0.2) is 17.7 Å². The second-order valence-corrected chi connectivity index (χ2v) is 3.40. The molecule has 16 heavy (non-hydrogen) atoms. The van der Waals surface area contributed by atoms with E-state index in [4.69, 9.17) is 14.3 Å². The molecule has 1 aromatic carbocycles. The highest BCUT2D eigenvalue weighted by Gasteiger charge is 2.12. The lowest BCUT2D eigenvalue weighted by molar-refractivity contribution is -0.136. The predicted molar refractivity (Wildman–Crippen MR) is 58.7 cm³/mol. The van der Waals surface area contributed by atoms with E-state index in [1.165, 1.54) is 6.26 Å². The molecule has 84 valence electrons. The number of fused-ring (bicyclic) bond motifs is 1. The first-order valence-electron chi connectivity index (χ1n) is 5.06. The van der Waals surface area contributed by atoms with Gasteiger partial charge in [-0.25, -0.2) is 0 Å². The number of rotatable bonds is 4. The van der Waals surface area contributed by atoms with Crippen molar-refractivity contribution in [1.29, 1.82) is 0 Å². The van der Waals surface area contributed by atoms with Crippen LogP contribution in [0.1, 0.15) is 12.5 Å². The van der Waals surface area contributed by atoms with Crippen molar-refractivity contribution in [3.63, 3.8) is 0 Å². The van der Waals surface area contributed by atoms with E-state index >= 15 is 0 Å². The highest BCUT2D eigenvalue weighted by molar-refractivity contribution is 5.89. The fraction of sp³-hybridized carbons (Fsp3) is 0.250. The van der Waals surface area contributed by atoms with Crippen LogP contribution >= 0.6 is 0 Å². The van der Waals surface area contributed by atoms with Crippen molar-refractivity contribution < 1.29 is 19.1 Å². The van der Waals surface area contributed by atoms with Gasteiger partial charge in [-0.1, -0.05) is 12.1 Å². The molecular weight excluding hydrogens is 208 g/mol. The molecule has 2 aromatic rings. The molecule has 0 aliphatic rings. The van der Waals surface area contributed by atoms with Gasteiger partial charge in [0.15, 0.2) is 11.3 Å². The van der Waals surface area contributed by atoms with Gasteiger partial charge >= 0.3 is 5.97 Å². The van der Waals surface area contributed by atoms with Crippen molar-refractivity contribution in [2.24, 2.45) is 0 Å². The van der Waals surface area contributed by atoms with E-state index in [2.05, 4.69) is 0 Å². The van der Waals surface area contributed by atoms with Gasteiger partial charge in [0.25, 0.3) is 0 Å². The highest BCUT2D eigenvalue weighted by Crippen LogP contribution is 2.29. The molecule has 4 nitrogen and oxygen atoms in total. The first-order valence-corrected chi connectivity index (χ1v) is 5.06. The summed E-state index contributed by atoms with van der Waals surface area (Å²) in [6, 6.07) is 5.47. The molecule has 0 radical (unpaired) electrons. The Labute approximate surface area is 92.4 Å². The van der Waals surface area contributed by atoms with Gasteiger partial charge in [0, 0.05) is 10.9 Å². The normalized spacial score (nSPS) is 10.6. The van der Waals surface area contributed by atoms with Gasteiger partial charge in [-0.3, -0.25) is 4.79 Å². The van der Waals surface area contributed by atoms with Gasteiger partial charge in [-0.05, 0) is 13.0 Å². The van der Waals surface area contributed by atoms with Gasteiger partial charge in [-0.2, -0.15) is 0 Å². The van der Waals surface area contributed by atoms with Crippen LogP contribution in [0.25, 0.3) is 11.0 Å². The summed E-state index contributed by atoms with van der Waals surface area (Å²) in [4.78, 5) is 10.6. The Kier molecular flexibility index (Phi) is 2.81. The van der Waals surface area contributed by atoms with Crippen LogP contribution in [0.3, 0.4) is 0 Å². The Balaban J connectivity index is 2.48.